The van der Waals surface area contributed by atoms with Gasteiger partial charge in [-0.15, -0.1) is 0 Å². The van der Waals surface area contributed by atoms with Crippen LogP contribution in [0.5, 0.6) is 0 Å². The molecule has 1 fully saturated rings. The van der Waals surface area contributed by atoms with Crippen molar-refractivity contribution >= 4 is 0 Å². The highest BCUT2D eigenvalue weighted by Gasteiger charge is 2.23. The number of likely N-dealkylation sites (N-methyl/N-ethyl adjacent to an activating group) is 1. The van der Waals surface area contributed by atoms with Crippen LogP contribution in [-0.4, -0.2) is 30.8 Å². The minimum atomic E-state index is 0.417. The molecule has 0 amide bonds. The van der Waals surface area contributed by atoms with Gasteiger partial charge in [0, 0.05) is 6.04 Å². The van der Waals surface area contributed by atoms with E-state index in [0.717, 1.165) is 6.73 Å². The van der Waals surface area contributed by atoms with Crippen molar-refractivity contribution in [1.82, 2.24) is 4.90 Å². The molecule has 1 aliphatic rings. The van der Waals surface area contributed by atoms with Crippen molar-refractivity contribution in [2.45, 2.75) is 26.0 Å². The molecule has 0 aromatic carbocycles. The molecule has 0 saturated carbocycles. The normalized spacial score (nSPS) is 40.9. The molecule has 1 rings (SSSR count). The van der Waals surface area contributed by atoms with E-state index in [0.29, 0.717) is 12.1 Å². The van der Waals surface area contributed by atoms with Crippen molar-refractivity contribution in [3.63, 3.8) is 0 Å². The first-order valence-electron chi connectivity index (χ1n) is 3.03. The summed E-state index contributed by atoms with van der Waals surface area (Å²) in [4.78, 5) is 2.20. The number of nitrogens with zero attached hydrogens (tertiary/aromatic N) is 1. The van der Waals surface area contributed by atoms with Crippen LogP contribution >= 0.6 is 0 Å². The summed E-state index contributed by atoms with van der Waals surface area (Å²) in [6.07, 6.45) is 0.417. The van der Waals surface area contributed by atoms with E-state index in [1.165, 1.54) is 0 Å². The highest BCUT2D eigenvalue weighted by atomic mass is 16.5. The molecule has 1 aliphatic heterocycles. The summed E-state index contributed by atoms with van der Waals surface area (Å²) in [6.45, 7) is 5.08. The van der Waals surface area contributed by atoms with Crippen LogP contribution in [0.15, 0.2) is 0 Å². The van der Waals surface area contributed by atoms with Crippen molar-refractivity contribution in [3.05, 3.63) is 0 Å². The molecular formula is C6H13NO. The van der Waals surface area contributed by atoms with Crippen LogP contribution in [0.4, 0.5) is 0 Å². The number of hydrogen-bond donors (Lipinski definition) is 0. The minimum absolute atomic E-state index is 0.417. The molecule has 0 bridgehead atoms. The summed E-state index contributed by atoms with van der Waals surface area (Å²) in [5, 5.41) is 0. The van der Waals surface area contributed by atoms with Gasteiger partial charge in [-0.2, -0.15) is 0 Å². The Bertz CT molecular complexity index is 74.6. The summed E-state index contributed by atoms with van der Waals surface area (Å²) in [6, 6.07) is 0.593. The molecular weight excluding hydrogens is 102 g/mol. The van der Waals surface area contributed by atoms with Crippen LogP contribution < -0.4 is 0 Å². The van der Waals surface area contributed by atoms with E-state index in [9.17, 15) is 0 Å². The maximum Gasteiger partial charge on any atom is 0.0995 e. The van der Waals surface area contributed by atoms with E-state index >= 15 is 0 Å². The van der Waals surface area contributed by atoms with Gasteiger partial charge in [-0.1, -0.05) is 0 Å². The van der Waals surface area contributed by atoms with Crippen LogP contribution in [0.25, 0.3) is 0 Å². The van der Waals surface area contributed by atoms with Crippen molar-refractivity contribution in [1.29, 1.82) is 0 Å². The van der Waals surface area contributed by atoms with Crippen molar-refractivity contribution in [2.75, 3.05) is 13.8 Å². The van der Waals surface area contributed by atoms with Gasteiger partial charge in [0.05, 0.1) is 12.8 Å². The number of hydrogen-bond acceptors (Lipinski definition) is 2. The van der Waals surface area contributed by atoms with Crippen LogP contribution in [0.3, 0.4) is 0 Å². The molecule has 0 radical (unpaired) electrons. The SMILES string of the molecule is C[C@@H]1OCN(C)[C@@H]1C. The Morgan fingerprint density at radius 2 is 2.12 bits per heavy atom. The largest absolute Gasteiger partial charge is 0.362 e. The van der Waals surface area contributed by atoms with E-state index in [-0.39, 0.29) is 0 Å². The van der Waals surface area contributed by atoms with Crippen LogP contribution in [0, 0.1) is 0 Å². The Labute approximate surface area is 50.4 Å². The van der Waals surface area contributed by atoms with Gasteiger partial charge in [0.1, 0.15) is 0 Å². The standard InChI is InChI=1S/C6H13NO/c1-5-6(2)8-4-7(5)3/h5-6H,4H2,1-3H3/t5-,6+/m1/s1. The second-order valence-electron chi connectivity index (χ2n) is 2.50. The fourth-order valence-electron chi connectivity index (χ4n) is 0.850. The van der Waals surface area contributed by atoms with Crippen molar-refractivity contribution in [2.24, 2.45) is 0 Å². The third kappa shape index (κ3) is 0.858. The highest BCUT2D eigenvalue weighted by molar-refractivity contribution is 4.73. The van der Waals surface area contributed by atoms with Gasteiger partial charge in [-0.25, -0.2) is 0 Å². The summed E-state index contributed by atoms with van der Waals surface area (Å²) in [5.41, 5.74) is 0. The van der Waals surface area contributed by atoms with Crippen molar-refractivity contribution < 1.29 is 4.74 Å². The fourth-order valence-corrected chi connectivity index (χ4v) is 0.850. The molecule has 2 heteroatoms. The van der Waals surface area contributed by atoms with Gasteiger partial charge in [0.25, 0.3) is 0 Å². The zero-order chi connectivity index (χ0) is 6.15. The molecule has 0 aliphatic carbocycles. The van der Waals surface area contributed by atoms with Gasteiger partial charge < -0.3 is 4.74 Å². The smallest absolute Gasteiger partial charge is 0.0995 e. The van der Waals surface area contributed by atoms with E-state index in [4.69, 9.17) is 4.74 Å². The van der Waals surface area contributed by atoms with Crippen molar-refractivity contribution in [3.8, 4) is 0 Å². The highest BCUT2D eigenvalue weighted by Crippen LogP contribution is 2.12. The van der Waals surface area contributed by atoms with Crippen LogP contribution in [-0.2, 0) is 4.74 Å². The molecule has 2 atom stereocenters. The van der Waals surface area contributed by atoms with Gasteiger partial charge in [0.15, 0.2) is 0 Å². The molecule has 0 unspecified atom stereocenters. The predicted molar refractivity (Wildman–Crippen MR) is 32.6 cm³/mol. The third-order valence-electron chi connectivity index (χ3n) is 1.92. The molecule has 2 nitrogen and oxygen atoms in total. The summed E-state index contributed by atoms with van der Waals surface area (Å²) >= 11 is 0. The monoisotopic (exact) mass is 115 g/mol. The fraction of sp³-hybridized carbons (Fsp3) is 1.00. The second-order valence-corrected chi connectivity index (χ2v) is 2.50. The van der Waals surface area contributed by atoms with Gasteiger partial charge in [-0.05, 0) is 20.9 Å². The molecule has 8 heavy (non-hydrogen) atoms. The van der Waals surface area contributed by atoms with Gasteiger partial charge in [-0.3, -0.25) is 4.90 Å². The van der Waals surface area contributed by atoms with Gasteiger partial charge in [0.2, 0.25) is 0 Å². The second kappa shape index (κ2) is 2.03. The Morgan fingerprint density at radius 1 is 1.50 bits per heavy atom. The average Bonchev–Trinajstić information content (AvgIpc) is 1.98. The van der Waals surface area contributed by atoms with E-state index in [2.05, 4.69) is 25.8 Å². The molecule has 0 aromatic rings. The van der Waals surface area contributed by atoms with Crippen LogP contribution in [0.1, 0.15) is 13.8 Å². The Hall–Kier alpha value is -0.0800. The summed E-state index contributed by atoms with van der Waals surface area (Å²) < 4.78 is 5.30. The summed E-state index contributed by atoms with van der Waals surface area (Å²) in [5.74, 6) is 0. The summed E-state index contributed by atoms with van der Waals surface area (Å²) in [7, 11) is 2.08. The van der Waals surface area contributed by atoms with Crippen LogP contribution in [0.2, 0.25) is 0 Å². The lowest BCUT2D eigenvalue weighted by molar-refractivity contribution is 0.104. The zero-order valence-electron chi connectivity index (χ0n) is 5.72. The lowest BCUT2D eigenvalue weighted by Crippen LogP contribution is -2.26. The first-order chi connectivity index (χ1) is 3.72. The number of rotatable bonds is 0. The first kappa shape index (κ1) is 6.05. The van der Waals surface area contributed by atoms with Gasteiger partial charge >= 0.3 is 0 Å². The number of ether oxygens (including phenoxy) is 1. The maximum absolute atomic E-state index is 5.30. The molecule has 0 spiro atoms. The first-order valence-corrected chi connectivity index (χ1v) is 3.03. The molecule has 1 saturated heterocycles. The lowest BCUT2D eigenvalue weighted by Gasteiger charge is -2.13. The van der Waals surface area contributed by atoms with E-state index in [1.54, 1.807) is 0 Å². The Morgan fingerprint density at radius 3 is 2.25 bits per heavy atom. The molecule has 48 valence electrons. The Balaban J connectivity index is 2.44. The van der Waals surface area contributed by atoms with E-state index < -0.39 is 0 Å². The predicted octanol–water partition coefficient (Wildman–Crippen LogP) is 0.683. The average molecular weight is 115 g/mol. The molecule has 1 heterocycles. The molecule has 0 N–H and O–H groups in total. The van der Waals surface area contributed by atoms with E-state index in [1.807, 2.05) is 0 Å². The minimum Gasteiger partial charge on any atom is -0.362 e. The quantitative estimate of drug-likeness (QED) is 0.460. The maximum atomic E-state index is 5.30. The molecule has 0 aromatic heterocycles. The lowest BCUT2D eigenvalue weighted by atomic mass is 10.2. The zero-order valence-corrected chi connectivity index (χ0v) is 5.72. The third-order valence-corrected chi connectivity index (χ3v) is 1.92. The topological polar surface area (TPSA) is 12.5 Å². The Kier molecular flexibility index (Phi) is 1.54.